The van der Waals surface area contributed by atoms with Crippen LogP contribution in [0.25, 0.3) is 20.7 Å². The van der Waals surface area contributed by atoms with E-state index in [2.05, 4.69) is 31.7 Å². The van der Waals surface area contributed by atoms with Crippen LogP contribution in [0.2, 0.25) is 0 Å². The van der Waals surface area contributed by atoms with Gasteiger partial charge in [-0.2, -0.15) is 0 Å². The maximum absolute atomic E-state index is 11.8. The second kappa shape index (κ2) is 7.70. The molecule has 1 aliphatic rings. The first kappa shape index (κ1) is 18.1. The quantitative estimate of drug-likeness (QED) is 0.639. The molecule has 4 nitrogen and oxygen atoms in total. The van der Waals surface area contributed by atoms with Crippen molar-refractivity contribution in [2.45, 2.75) is 26.4 Å². The Hall–Kier alpha value is -1.67. The molecule has 0 spiro atoms. The molecule has 0 atom stereocenters. The van der Waals surface area contributed by atoms with Crippen molar-refractivity contribution in [3.05, 3.63) is 49.9 Å². The van der Waals surface area contributed by atoms with E-state index in [-0.39, 0.29) is 21.2 Å². The fraction of sp³-hybridized carbons (Fsp3) is 0.263. The molecule has 2 aromatic rings. The molecule has 1 aromatic carbocycles. The van der Waals surface area contributed by atoms with Gasteiger partial charge in [-0.3, -0.25) is 0 Å². The number of thiazole rings is 1. The van der Waals surface area contributed by atoms with Crippen LogP contribution in [-0.2, 0) is 4.74 Å². The first-order valence-electron chi connectivity index (χ1n) is 7.93. The Balaban J connectivity index is 1.76. The predicted molar refractivity (Wildman–Crippen MR) is 98.0 cm³/mol. The minimum absolute atomic E-state index is 0.199. The van der Waals surface area contributed by atoms with E-state index >= 15 is 0 Å². The standard InChI is InChI=1S/C19H20IN2O2S/c1-19(2,3)24-18(23)21-12-13-9-15-16(11-20-10-13)25-17(22-15)14-7-5-4-6-8-14/h4-11H,12H2,1-3H3,(H,21,23)/q-1. The third-order valence-corrected chi connectivity index (χ3v) is 6.86. The minimum atomic E-state index is -0.487. The van der Waals surface area contributed by atoms with E-state index in [0.29, 0.717) is 6.54 Å². The molecule has 0 aliphatic carbocycles. The van der Waals surface area contributed by atoms with Crippen LogP contribution in [0, 0.1) is 0 Å². The predicted octanol–water partition coefficient (Wildman–Crippen LogP) is -0.160. The van der Waals surface area contributed by atoms with Crippen LogP contribution in [0.15, 0.2) is 40.0 Å². The van der Waals surface area contributed by atoms with Gasteiger partial charge in [-0.1, -0.05) is 0 Å². The van der Waals surface area contributed by atoms with Crippen molar-refractivity contribution >= 4 is 27.6 Å². The first-order chi connectivity index (χ1) is 11.9. The summed E-state index contributed by atoms with van der Waals surface area (Å²) < 4.78 is 11.0. The number of nitrogens with one attached hydrogen (secondary N) is 1. The summed E-state index contributed by atoms with van der Waals surface area (Å²) in [6.07, 6.45) is 1.68. The number of halogens is 1. The number of amides is 1. The maximum atomic E-state index is 11.8. The number of nitrogens with zero attached hydrogens (tertiary/aromatic N) is 1. The molecule has 0 fully saturated rings. The number of alkyl carbamates (subject to hydrolysis) is 1. The Kier molecular flexibility index (Phi) is 5.58. The summed E-state index contributed by atoms with van der Waals surface area (Å²) in [6, 6.07) is 10.2. The van der Waals surface area contributed by atoms with Gasteiger partial charge in [-0.15, -0.1) is 0 Å². The van der Waals surface area contributed by atoms with Crippen LogP contribution >= 0.6 is 11.3 Å². The summed E-state index contributed by atoms with van der Waals surface area (Å²) in [6.45, 7) is 6.03. The number of carbonyl (C=O) groups is 1. The van der Waals surface area contributed by atoms with Crippen molar-refractivity contribution in [3.63, 3.8) is 0 Å². The molecule has 1 amide bonds. The van der Waals surface area contributed by atoms with E-state index in [1.165, 1.54) is 4.53 Å². The van der Waals surface area contributed by atoms with Gasteiger partial charge < -0.3 is 0 Å². The molecule has 1 aliphatic heterocycles. The number of benzene rings is 1. The Morgan fingerprint density at radius 3 is 2.72 bits per heavy atom. The van der Waals surface area contributed by atoms with Crippen LogP contribution in [0.4, 0.5) is 4.79 Å². The molecule has 0 saturated heterocycles. The van der Waals surface area contributed by atoms with Gasteiger partial charge in [0.05, 0.1) is 0 Å². The molecule has 132 valence electrons. The van der Waals surface area contributed by atoms with E-state index in [1.807, 2.05) is 39.0 Å². The Bertz CT molecular complexity index is 911. The van der Waals surface area contributed by atoms with Crippen LogP contribution in [0.1, 0.15) is 20.8 Å². The average Bonchev–Trinajstić information content (AvgIpc) is 2.85. The molecule has 1 aromatic heterocycles. The second-order valence-electron chi connectivity index (χ2n) is 6.55. The topological polar surface area (TPSA) is 51.2 Å². The number of hydrogen-bond donors (Lipinski definition) is 1. The van der Waals surface area contributed by atoms with Crippen molar-refractivity contribution < 1.29 is 30.7 Å². The number of carbonyl (C=O) groups excluding carboxylic acids is 1. The summed E-state index contributed by atoms with van der Waals surface area (Å²) >= 11 is 1.52. The van der Waals surface area contributed by atoms with Crippen molar-refractivity contribution in [2.24, 2.45) is 0 Å². The summed E-state index contributed by atoms with van der Waals surface area (Å²) in [5, 5.41) is 4.84. The van der Waals surface area contributed by atoms with E-state index in [0.717, 1.165) is 21.5 Å². The van der Waals surface area contributed by atoms with E-state index in [4.69, 9.17) is 9.72 Å². The van der Waals surface area contributed by atoms with Crippen LogP contribution in [0.5, 0.6) is 0 Å². The number of aromatic nitrogens is 1. The van der Waals surface area contributed by atoms with Gasteiger partial charge in [-0.05, 0) is 0 Å². The van der Waals surface area contributed by atoms with Gasteiger partial charge in [0.2, 0.25) is 0 Å². The van der Waals surface area contributed by atoms with E-state index in [9.17, 15) is 4.79 Å². The number of ether oxygens (including phenoxy) is 1. The molecule has 0 bridgehead atoms. The monoisotopic (exact) mass is 467 g/mol. The summed E-state index contributed by atoms with van der Waals surface area (Å²) in [4.78, 5) is 16.6. The summed E-state index contributed by atoms with van der Waals surface area (Å²) in [5.41, 5.74) is 1.73. The Morgan fingerprint density at radius 2 is 2.00 bits per heavy atom. The fourth-order valence-corrected chi connectivity index (χ4v) is 5.46. The molecule has 3 rings (SSSR count). The molecule has 2 heterocycles. The molecule has 0 saturated carbocycles. The van der Waals surface area contributed by atoms with E-state index < -0.39 is 11.7 Å². The van der Waals surface area contributed by atoms with Crippen LogP contribution < -0.4 is 36.4 Å². The zero-order valence-electron chi connectivity index (χ0n) is 14.4. The third kappa shape index (κ3) is 5.15. The SMILES string of the molecule is CC(C)(C)OC(=O)NCC1=C[I-]C=c2sc(-c3ccccc3)nc2=C1. The molecular weight excluding hydrogens is 447 g/mol. The molecule has 6 heteroatoms. The molecule has 0 radical (unpaired) electrons. The third-order valence-electron chi connectivity index (χ3n) is 3.22. The number of hydrogen-bond acceptors (Lipinski definition) is 4. The zero-order valence-corrected chi connectivity index (χ0v) is 17.3. The van der Waals surface area contributed by atoms with Crippen LogP contribution in [0.3, 0.4) is 0 Å². The number of fused-ring (bicyclic) bond motifs is 1. The molecule has 1 N–H and O–H groups in total. The van der Waals surface area contributed by atoms with Gasteiger partial charge in [-0.25, -0.2) is 0 Å². The van der Waals surface area contributed by atoms with Crippen molar-refractivity contribution in [3.8, 4) is 10.6 Å². The molecule has 25 heavy (non-hydrogen) atoms. The molecule has 0 unspecified atom stereocenters. The van der Waals surface area contributed by atoms with Crippen molar-refractivity contribution in [2.75, 3.05) is 6.54 Å². The molecular formula is C19H20IN2O2S-. The van der Waals surface area contributed by atoms with Gasteiger partial charge in [0.1, 0.15) is 0 Å². The Morgan fingerprint density at radius 1 is 1.24 bits per heavy atom. The number of rotatable bonds is 3. The van der Waals surface area contributed by atoms with Gasteiger partial charge in [0.25, 0.3) is 0 Å². The Labute approximate surface area is 161 Å². The normalized spacial score (nSPS) is 14.0. The first-order valence-corrected chi connectivity index (χ1v) is 11.2. The summed E-state index contributed by atoms with van der Waals surface area (Å²) in [7, 11) is 0. The van der Waals surface area contributed by atoms with Gasteiger partial charge >= 0.3 is 162 Å². The van der Waals surface area contributed by atoms with E-state index in [1.54, 1.807) is 11.3 Å². The second-order valence-corrected chi connectivity index (χ2v) is 9.55. The van der Waals surface area contributed by atoms with Gasteiger partial charge in [0.15, 0.2) is 0 Å². The van der Waals surface area contributed by atoms with Gasteiger partial charge in [0, 0.05) is 0 Å². The zero-order chi connectivity index (χ0) is 17.9. The summed E-state index contributed by atoms with van der Waals surface area (Å²) in [5.74, 6) is 0. The fourth-order valence-electron chi connectivity index (χ4n) is 2.18. The van der Waals surface area contributed by atoms with Crippen LogP contribution in [-0.4, -0.2) is 23.2 Å². The van der Waals surface area contributed by atoms with Crippen molar-refractivity contribution in [1.82, 2.24) is 10.3 Å². The van der Waals surface area contributed by atoms with Crippen molar-refractivity contribution in [1.29, 1.82) is 0 Å². The average molecular weight is 467 g/mol.